The minimum absolute atomic E-state index is 0.0363. The van der Waals surface area contributed by atoms with Gasteiger partial charge in [0.05, 0.1) is 19.5 Å². The number of nitrogen functional groups attached to an aromatic ring is 1. The molecule has 1 saturated heterocycles. The number of carboxylic acids is 1. The van der Waals surface area contributed by atoms with Crippen LogP contribution in [0.5, 0.6) is 0 Å². The van der Waals surface area contributed by atoms with Gasteiger partial charge < -0.3 is 56.0 Å². The number of aliphatic hydroxyl groups is 2. The highest BCUT2D eigenvalue weighted by molar-refractivity contribution is 7.80. The number of nitrogens with two attached hydrogens (primary N) is 1. The summed E-state index contributed by atoms with van der Waals surface area (Å²) in [6.07, 6.45) is -6.52. The van der Waals surface area contributed by atoms with Gasteiger partial charge in [-0.1, -0.05) is 20.8 Å². The van der Waals surface area contributed by atoms with Crippen molar-refractivity contribution in [3.8, 4) is 0 Å². The third-order valence-corrected chi connectivity index (χ3v) is 10.1. The number of hydrogen-bond donors (Lipinski definition) is 11. The lowest BCUT2D eigenvalue weighted by molar-refractivity contribution is -0.137. The van der Waals surface area contributed by atoms with Crippen LogP contribution in [-0.2, 0) is 50.7 Å². The summed E-state index contributed by atoms with van der Waals surface area (Å²) in [6, 6.07) is 0. The number of ether oxygens (including phenoxy) is 1. The number of nitrogens with zero attached hydrogens (tertiary/aromatic N) is 4. The molecule has 1 aliphatic rings. The van der Waals surface area contributed by atoms with E-state index in [-0.39, 0.29) is 42.3 Å². The summed E-state index contributed by atoms with van der Waals surface area (Å²) in [5, 5.41) is 33.8. The molecule has 302 valence electrons. The Hall–Kier alpha value is -2.64. The number of imidazole rings is 1. The maximum atomic E-state index is 12.6. The number of aromatic nitrogens is 4. The van der Waals surface area contributed by atoms with Crippen LogP contribution in [0.1, 0.15) is 39.8 Å². The Morgan fingerprint density at radius 3 is 2.28 bits per heavy atom. The average Bonchev–Trinajstić information content (AvgIpc) is 3.61. The second-order valence-corrected chi connectivity index (χ2v) is 16.2. The number of thiol groups is 1. The molecule has 0 radical (unpaired) electrons. The number of carbonyl (C=O) groups is 3. The molecule has 2 amide bonds. The Morgan fingerprint density at radius 1 is 1.08 bits per heavy atom. The second kappa shape index (κ2) is 19.8. The van der Waals surface area contributed by atoms with Crippen molar-refractivity contribution in [2.45, 2.75) is 64.3 Å². The van der Waals surface area contributed by atoms with E-state index in [1.807, 2.05) is 0 Å². The Labute approximate surface area is 306 Å². The molecule has 11 N–H and O–H groups in total. The quantitative estimate of drug-likeness (QED) is 0.0585. The fourth-order valence-electron chi connectivity index (χ4n) is 4.14. The molecule has 29 heteroatoms. The first kappa shape index (κ1) is 46.5. The van der Waals surface area contributed by atoms with E-state index >= 15 is 0 Å². The van der Waals surface area contributed by atoms with Crippen LogP contribution >= 0.6 is 36.1 Å². The maximum Gasteiger partial charge on any atom is 0.481 e. The second-order valence-electron chi connectivity index (χ2n) is 11.5. The molecule has 0 bridgehead atoms. The molecule has 0 aliphatic carbocycles. The van der Waals surface area contributed by atoms with Gasteiger partial charge in [-0.15, -0.1) is 0 Å². The molecule has 2 aromatic heterocycles. The summed E-state index contributed by atoms with van der Waals surface area (Å²) < 4.78 is 61.7. The molecule has 2 aromatic rings. The van der Waals surface area contributed by atoms with Crippen molar-refractivity contribution in [1.82, 2.24) is 30.2 Å². The number of aliphatic hydroxyl groups excluding tert-OH is 2. The molecule has 0 spiro atoms. The van der Waals surface area contributed by atoms with Crippen molar-refractivity contribution in [3.63, 3.8) is 0 Å². The Morgan fingerprint density at radius 2 is 1.70 bits per heavy atom. The van der Waals surface area contributed by atoms with E-state index in [0.29, 0.717) is 12.3 Å². The number of fused-ring (bicyclic) bond motifs is 1. The van der Waals surface area contributed by atoms with Crippen molar-refractivity contribution in [2.24, 2.45) is 5.41 Å². The Kier molecular flexibility index (Phi) is 17.4. The normalized spacial score (nSPS) is 21.8. The summed E-state index contributed by atoms with van der Waals surface area (Å²) in [5.74, 6) is -1.69. The van der Waals surface area contributed by atoms with Crippen LogP contribution in [0.4, 0.5) is 5.82 Å². The first-order valence-electron chi connectivity index (χ1n) is 15.1. The molecule has 3 heterocycles. The van der Waals surface area contributed by atoms with Crippen LogP contribution in [0.15, 0.2) is 12.7 Å². The summed E-state index contributed by atoms with van der Waals surface area (Å²) >= 11 is 3.95. The predicted molar refractivity (Wildman–Crippen MR) is 181 cm³/mol. The van der Waals surface area contributed by atoms with Gasteiger partial charge in [-0.2, -0.15) is 16.9 Å². The van der Waals surface area contributed by atoms with Gasteiger partial charge in [0.25, 0.3) is 0 Å². The van der Waals surface area contributed by atoms with Gasteiger partial charge in [-0.05, 0) is 0 Å². The lowest BCUT2D eigenvalue weighted by Gasteiger charge is -2.30. The van der Waals surface area contributed by atoms with Crippen LogP contribution in [0.25, 0.3) is 11.2 Å². The zero-order valence-corrected chi connectivity index (χ0v) is 31.8. The van der Waals surface area contributed by atoms with Crippen molar-refractivity contribution in [2.75, 3.05) is 37.8 Å². The van der Waals surface area contributed by atoms with E-state index in [9.17, 15) is 57.9 Å². The lowest BCUT2D eigenvalue weighted by Crippen LogP contribution is -2.46. The van der Waals surface area contributed by atoms with E-state index in [2.05, 4.69) is 47.0 Å². The maximum absolute atomic E-state index is 12.6. The molecule has 25 nitrogen and oxygen atoms in total. The van der Waals surface area contributed by atoms with Crippen LogP contribution in [-0.4, -0.2) is 129 Å². The van der Waals surface area contributed by atoms with Gasteiger partial charge in [0.15, 0.2) is 17.7 Å². The largest absolute Gasteiger partial charge is 0.481 e. The molecule has 0 saturated carbocycles. The number of anilines is 1. The number of phosphoric acid groups is 3. The standard InChI is InChI=1S/C21H36N7O16P3S.C3H6O2/c1-21(2,16(31)19(32)24-4-3-12(29)23-5-6-48)8-41-47(38,39)44-46(36,37)40-7-11-15(43-45(33,34)35)14(30)20(42-11)28-10-27-13-17(22)25-9-26-18(13)28;1-2-3(4)5/h9-11,14-16,20,30-31,48H,3-8H2,1-2H3,(H,23,29)(H,24,32)(H,36,37)(H,38,39)(H2,22,25,26)(H2,33,34,35);2H2,1H3,(H,4,5)/t11-,14-,15-,16+,20-;/m1./s1. The molecule has 3 rings (SSSR count). The van der Waals surface area contributed by atoms with Gasteiger partial charge in [-0.3, -0.25) is 32.5 Å². The minimum Gasteiger partial charge on any atom is -0.481 e. The third-order valence-electron chi connectivity index (χ3n) is 6.81. The Bertz CT molecular complexity index is 1710. The molecular formula is C24H42N7O18P3S. The summed E-state index contributed by atoms with van der Waals surface area (Å²) in [4.78, 5) is 84.0. The number of amides is 2. The number of hydrogen-bond acceptors (Lipinski definition) is 18. The smallest absolute Gasteiger partial charge is 0.481 e. The van der Waals surface area contributed by atoms with Gasteiger partial charge in [0, 0.05) is 37.1 Å². The van der Waals surface area contributed by atoms with E-state index in [4.69, 9.17) is 24.6 Å². The van der Waals surface area contributed by atoms with Crippen LogP contribution in [0.3, 0.4) is 0 Å². The van der Waals surface area contributed by atoms with E-state index < -0.39 is 84.6 Å². The molecule has 53 heavy (non-hydrogen) atoms. The zero-order chi connectivity index (χ0) is 40.4. The molecule has 7 atom stereocenters. The highest BCUT2D eigenvalue weighted by Crippen LogP contribution is 2.61. The van der Waals surface area contributed by atoms with E-state index in [0.717, 1.165) is 17.2 Å². The fourth-order valence-corrected chi connectivity index (χ4v) is 7.08. The predicted octanol–water partition coefficient (Wildman–Crippen LogP) is -1.18. The summed E-state index contributed by atoms with van der Waals surface area (Å²) in [5.41, 5.74) is 4.30. The van der Waals surface area contributed by atoms with Gasteiger partial charge in [-0.25, -0.2) is 28.6 Å². The van der Waals surface area contributed by atoms with E-state index in [1.54, 1.807) is 6.92 Å². The lowest BCUT2D eigenvalue weighted by atomic mass is 9.87. The highest BCUT2D eigenvalue weighted by atomic mass is 32.1. The molecule has 1 fully saturated rings. The average molecular weight is 842 g/mol. The van der Waals surface area contributed by atoms with Crippen LogP contribution in [0, 0.1) is 5.41 Å². The SMILES string of the molecule is CC(C)(COP(=O)(O)OP(=O)(O)OC[C@H]1O[C@@H](n2cnc3c(N)ncnc32)[C@H](O)[C@@H]1OP(=O)(O)O)[C@@H](O)C(=O)NCCC(=O)NCCS.CCC(=O)O. The van der Waals surface area contributed by atoms with Gasteiger partial charge in [0.1, 0.15) is 36.3 Å². The first-order valence-corrected chi connectivity index (χ1v) is 20.3. The molecule has 0 aromatic carbocycles. The number of rotatable bonds is 19. The van der Waals surface area contributed by atoms with Crippen LogP contribution < -0.4 is 16.4 Å². The monoisotopic (exact) mass is 841 g/mol. The van der Waals surface area contributed by atoms with Crippen molar-refractivity contribution >= 4 is 70.9 Å². The first-order chi connectivity index (χ1) is 24.4. The molecular weight excluding hydrogens is 799 g/mol. The number of nitrogens with one attached hydrogen (secondary N) is 2. The van der Waals surface area contributed by atoms with Crippen molar-refractivity contribution in [1.29, 1.82) is 0 Å². The topological polar surface area (TPSA) is 384 Å². The van der Waals surface area contributed by atoms with Gasteiger partial charge >= 0.3 is 29.4 Å². The molecule has 2 unspecified atom stereocenters. The van der Waals surface area contributed by atoms with Crippen molar-refractivity contribution < 1.29 is 85.6 Å². The van der Waals surface area contributed by atoms with E-state index in [1.165, 1.54) is 13.8 Å². The third kappa shape index (κ3) is 14.8. The fraction of sp³-hybridized carbons (Fsp3) is 0.667. The van der Waals surface area contributed by atoms with Crippen LogP contribution in [0.2, 0.25) is 0 Å². The summed E-state index contributed by atoms with van der Waals surface area (Å²) in [6.45, 7) is 2.32. The Balaban J connectivity index is 0.00000181. The number of carbonyl (C=O) groups excluding carboxylic acids is 2. The number of carboxylic acid groups (broad SMARTS) is 1. The number of phosphoric ester groups is 3. The minimum atomic E-state index is -5.54. The zero-order valence-electron chi connectivity index (χ0n) is 28.3. The molecule has 1 aliphatic heterocycles. The van der Waals surface area contributed by atoms with Crippen molar-refractivity contribution in [3.05, 3.63) is 12.7 Å². The highest BCUT2D eigenvalue weighted by Gasteiger charge is 2.50. The summed E-state index contributed by atoms with van der Waals surface area (Å²) in [7, 11) is -16.3. The van der Waals surface area contributed by atoms with Gasteiger partial charge in [0.2, 0.25) is 11.8 Å². The number of aliphatic carboxylic acids is 1.